The molecule has 0 fully saturated rings. The van der Waals surface area contributed by atoms with Crippen molar-refractivity contribution < 1.29 is 13.2 Å². The maximum Gasteiger partial charge on any atom is 0.358 e. The van der Waals surface area contributed by atoms with Gasteiger partial charge in [0.2, 0.25) is 0 Å². The van der Waals surface area contributed by atoms with Crippen LogP contribution in [0.25, 0.3) is 0 Å². The SMILES string of the molecule is CCO[SiH](OCC)c1ccccc1F. The average Bonchev–Trinajstić information content (AvgIpc) is 2.18. The highest BCUT2D eigenvalue weighted by Crippen LogP contribution is 1.98. The van der Waals surface area contributed by atoms with Crippen LogP contribution in [0.2, 0.25) is 0 Å². The summed E-state index contributed by atoms with van der Waals surface area (Å²) < 4.78 is 24.2. The Morgan fingerprint density at radius 3 is 2.21 bits per heavy atom. The number of benzene rings is 1. The highest BCUT2D eigenvalue weighted by molar-refractivity contribution is 6.61. The largest absolute Gasteiger partial charge is 0.394 e. The third-order valence-corrected chi connectivity index (χ3v) is 4.04. The smallest absolute Gasteiger partial charge is 0.358 e. The Morgan fingerprint density at radius 1 is 1.14 bits per heavy atom. The fourth-order valence-electron chi connectivity index (χ4n) is 1.20. The van der Waals surface area contributed by atoms with Crippen LogP contribution in [-0.2, 0) is 8.85 Å². The van der Waals surface area contributed by atoms with Gasteiger partial charge in [0.05, 0.1) is 0 Å². The second-order valence-corrected chi connectivity index (χ2v) is 4.72. The average molecular weight is 214 g/mol. The summed E-state index contributed by atoms with van der Waals surface area (Å²) in [4.78, 5) is 0. The summed E-state index contributed by atoms with van der Waals surface area (Å²) in [5.41, 5.74) is 0. The normalized spacial score (nSPS) is 10.9. The zero-order valence-corrected chi connectivity index (χ0v) is 9.65. The zero-order chi connectivity index (χ0) is 10.4. The third kappa shape index (κ3) is 2.90. The summed E-state index contributed by atoms with van der Waals surface area (Å²) in [5, 5.41) is 0.594. The van der Waals surface area contributed by atoms with Crippen molar-refractivity contribution in [2.24, 2.45) is 0 Å². The van der Waals surface area contributed by atoms with E-state index in [0.717, 1.165) is 0 Å². The van der Waals surface area contributed by atoms with Crippen molar-refractivity contribution in [3.63, 3.8) is 0 Å². The van der Waals surface area contributed by atoms with Crippen molar-refractivity contribution in [3.05, 3.63) is 30.1 Å². The van der Waals surface area contributed by atoms with Crippen LogP contribution in [0.3, 0.4) is 0 Å². The molecule has 4 heteroatoms. The Balaban J connectivity index is 2.81. The molecule has 78 valence electrons. The standard InChI is InChI=1S/C10H15FO2Si/c1-3-12-14(13-4-2)10-8-6-5-7-9(10)11/h5-8,14H,3-4H2,1-2H3. The quantitative estimate of drug-likeness (QED) is 0.688. The molecule has 0 aliphatic heterocycles. The summed E-state index contributed by atoms with van der Waals surface area (Å²) in [6, 6.07) is 6.64. The second kappa shape index (κ2) is 5.90. The lowest BCUT2D eigenvalue weighted by molar-refractivity contribution is 0.224. The molecule has 0 N–H and O–H groups in total. The van der Waals surface area contributed by atoms with Gasteiger partial charge in [0.1, 0.15) is 5.82 Å². The lowest BCUT2D eigenvalue weighted by Crippen LogP contribution is -2.39. The first-order valence-corrected chi connectivity index (χ1v) is 6.29. The molecule has 0 aromatic heterocycles. The maximum absolute atomic E-state index is 13.4. The van der Waals surface area contributed by atoms with Crippen LogP contribution in [0.4, 0.5) is 4.39 Å². The molecule has 0 amide bonds. The highest BCUT2D eigenvalue weighted by atomic mass is 28.3. The predicted octanol–water partition coefficient (Wildman–Crippen LogP) is 1.33. The van der Waals surface area contributed by atoms with E-state index < -0.39 is 9.28 Å². The molecule has 0 aliphatic rings. The molecule has 0 spiro atoms. The molecule has 0 saturated carbocycles. The minimum absolute atomic E-state index is 0.230. The van der Waals surface area contributed by atoms with Gasteiger partial charge in [0, 0.05) is 18.4 Å². The summed E-state index contributed by atoms with van der Waals surface area (Å²) in [5.74, 6) is -0.230. The molecule has 0 heterocycles. The van der Waals surface area contributed by atoms with Gasteiger partial charge in [0.15, 0.2) is 0 Å². The van der Waals surface area contributed by atoms with Crippen LogP contribution in [0.5, 0.6) is 0 Å². The van der Waals surface area contributed by atoms with Crippen LogP contribution < -0.4 is 5.19 Å². The van der Waals surface area contributed by atoms with Gasteiger partial charge in [-0.25, -0.2) is 4.39 Å². The summed E-state index contributed by atoms with van der Waals surface area (Å²) in [7, 11) is -2.01. The zero-order valence-electron chi connectivity index (χ0n) is 8.50. The predicted molar refractivity (Wildman–Crippen MR) is 56.4 cm³/mol. The molecule has 0 saturated heterocycles. The first-order chi connectivity index (χ1) is 6.79. The van der Waals surface area contributed by atoms with Crippen molar-refractivity contribution in [2.75, 3.05) is 13.2 Å². The first-order valence-electron chi connectivity index (χ1n) is 4.77. The van der Waals surface area contributed by atoms with Crippen molar-refractivity contribution in [3.8, 4) is 0 Å². The van der Waals surface area contributed by atoms with Gasteiger partial charge < -0.3 is 8.85 Å². The van der Waals surface area contributed by atoms with Crippen LogP contribution >= 0.6 is 0 Å². The lowest BCUT2D eigenvalue weighted by atomic mass is 10.3. The maximum atomic E-state index is 13.4. The van der Waals surface area contributed by atoms with Gasteiger partial charge in [-0.1, -0.05) is 18.2 Å². The summed E-state index contributed by atoms with van der Waals surface area (Å²) in [6.45, 7) is 4.90. The Bertz CT molecular complexity index is 275. The van der Waals surface area contributed by atoms with Gasteiger partial charge >= 0.3 is 9.28 Å². The number of rotatable bonds is 5. The number of halogens is 1. The molecule has 0 bridgehead atoms. The molecule has 2 nitrogen and oxygen atoms in total. The van der Waals surface area contributed by atoms with E-state index in [4.69, 9.17) is 8.85 Å². The summed E-state index contributed by atoms with van der Waals surface area (Å²) >= 11 is 0. The van der Waals surface area contributed by atoms with Gasteiger partial charge in [-0.2, -0.15) is 0 Å². The molecule has 0 atom stereocenters. The van der Waals surface area contributed by atoms with Crippen LogP contribution in [0.15, 0.2) is 24.3 Å². The fraction of sp³-hybridized carbons (Fsp3) is 0.400. The van der Waals surface area contributed by atoms with Crippen LogP contribution in [-0.4, -0.2) is 22.5 Å². The van der Waals surface area contributed by atoms with Crippen LogP contribution in [0, 0.1) is 5.82 Å². The van der Waals surface area contributed by atoms with E-state index >= 15 is 0 Å². The molecule has 14 heavy (non-hydrogen) atoms. The van der Waals surface area contributed by atoms with Crippen molar-refractivity contribution in [1.82, 2.24) is 0 Å². The molecule has 0 radical (unpaired) electrons. The molecule has 1 aromatic carbocycles. The monoisotopic (exact) mass is 214 g/mol. The van der Waals surface area contributed by atoms with Crippen molar-refractivity contribution >= 4 is 14.5 Å². The van der Waals surface area contributed by atoms with E-state index in [1.165, 1.54) is 6.07 Å². The Labute approximate surface area is 85.5 Å². The molecular weight excluding hydrogens is 199 g/mol. The van der Waals surface area contributed by atoms with E-state index in [0.29, 0.717) is 18.4 Å². The lowest BCUT2D eigenvalue weighted by Gasteiger charge is -2.15. The number of hydrogen-bond donors (Lipinski definition) is 0. The van der Waals surface area contributed by atoms with Crippen LogP contribution in [0.1, 0.15) is 13.8 Å². The fourth-order valence-corrected chi connectivity index (χ4v) is 2.85. The topological polar surface area (TPSA) is 18.5 Å². The molecule has 0 aliphatic carbocycles. The Kier molecular flexibility index (Phi) is 4.79. The van der Waals surface area contributed by atoms with Gasteiger partial charge in [-0.15, -0.1) is 0 Å². The van der Waals surface area contributed by atoms with Gasteiger partial charge in [-0.3, -0.25) is 0 Å². The minimum atomic E-state index is -2.01. The van der Waals surface area contributed by atoms with E-state index in [1.807, 2.05) is 13.8 Å². The first kappa shape index (κ1) is 11.4. The molecular formula is C10H15FO2Si. The van der Waals surface area contributed by atoms with Crippen molar-refractivity contribution in [1.29, 1.82) is 0 Å². The van der Waals surface area contributed by atoms with E-state index in [1.54, 1.807) is 18.2 Å². The molecule has 1 aromatic rings. The van der Waals surface area contributed by atoms with Gasteiger partial charge in [0.25, 0.3) is 0 Å². The van der Waals surface area contributed by atoms with Gasteiger partial charge in [-0.05, 0) is 19.9 Å². The van der Waals surface area contributed by atoms with E-state index in [2.05, 4.69) is 0 Å². The Morgan fingerprint density at radius 2 is 1.71 bits per heavy atom. The summed E-state index contributed by atoms with van der Waals surface area (Å²) in [6.07, 6.45) is 0. The molecule has 1 rings (SSSR count). The third-order valence-electron chi connectivity index (χ3n) is 1.80. The minimum Gasteiger partial charge on any atom is -0.394 e. The van der Waals surface area contributed by atoms with Crippen molar-refractivity contribution in [2.45, 2.75) is 13.8 Å². The van der Waals surface area contributed by atoms with E-state index in [-0.39, 0.29) is 5.82 Å². The highest BCUT2D eigenvalue weighted by Gasteiger charge is 2.18. The van der Waals surface area contributed by atoms with E-state index in [9.17, 15) is 4.39 Å². The molecule has 0 unspecified atom stereocenters. The number of hydrogen-bond acceptors (Lipinski definition) is 2. The second-order valence-electron chi connectivity index (χ2n) is 2.76. The Hall–Kier alpha value is -0.713.